The first-order chi connectivity index (χ1) is 5.70. The number of hydrogen-bond acceptors (Lipinski definition) is 3. The highest BCUT2D eigenvalue weighted by atomic mass is 79.9. The summed E-state index contributed by atoms with van der Waals surface area (Å²) in [4.78, 5) is 11.0. The van der Waals surface area contributed by atoms with Crippen molar-refractivity contribution in [3.63, 3.8) is 0 Å². The summed E-state index contributed by atoms with van der Waals surface area (Å²) in [5.74, 6) is -0.197. The summed E-state index contributed by atoms with van der Waals surface area (Å²) >= 11 is 3.18. The standard InChI is InChI=1S/C8H5BrO3/c9-7-5-3-12-8(11)4(5)1-2-6(7)10/h1-2,10H,3H2. The summed E-state index contributed by atoms with van der Waals surface area (Å²) in [6.45, 7) is 0.239. The van der Waals surface area contributed by atoms with Gasteiger partial charge >= 0.3 is 5.97 Å². The average Bonchev–Trinajstić information content (AvgIpc) is 2.41. The minimum absolute atomic E-state index is 0.132. The topological polar surface area (TPSA) is 46.5 Å². The molecule has 0 atom stereocenters. The van der Waals surface area contributed by atoms with Gasteiger partial charge < -0.3 is 9.84 Å². The molecule has 1 aromatic carbocycles. The second-order valence-corrected chi connectivity index (χ2v) is 3.29. The average molecular weight is 229 g/mol. The third-order valence-electron chi connectivity index (χ3n) is 1.79. The summed E-state index contributed by atoms with van der Waals surface area (Å²) < 4.78 is 5.33. The first-order valence-electron chi connectivity index (χ1n) is 3.37. The SMILES string of the molecule is O=C1OCc2c1ccc(O)c2Br. The van der Waals surface area contributed by atoms with E-state index in [4.69, 9.17) is 4.74 Å². The van der Waals surface area contributed by atoms with E-state index in [-0.39, 0.29) is 18.3 Å². The number of carbonyl (C=O) groups is 1. The van der Waals surface area contributed by atoms with Crippen LogP contribution in [-0.2, 0) is 11.3 Å². The fraction of sp³-hybridized carbons (Fsp3) is 0.125. The molecule has 0 saturated carbocycles. The van der Waals surface area contributed by atoms with Crippen LogP contribution in [0, 0.1) is 0 Å². The van der Waals surface area contributed by atoms with Gasteiger partial charge in [-0.2, -0.15) is 0 Å². The molecule has 62 valence electrons. The van der Waals surface area contributed by atoms with Crippen molar-refractivity contribution in [2.24, 2.45) is 0 Å². The largest absolute Gasteiger partial charge is 0.507 e. The van der Waals surface area contributed by atoms with Crippen molar-refractivity contribution in [2.45, 2.75) is 6.61 Å². The lowest BCUT2D eigenvalue weighted by Crippen LogP contribution is -1.92. The third-order valence-corrected chi connectivity index (χ3v) is 2.68. The Kier molecular flexibility index (Phi) is 1.58. The van der Waals surface area contributed by atoms with Crippen LogP contribution in [0.5, 0.6) is 5.75 Å². The maximum absolute atomic E-state index is 11.0. The number of fused-ring (bicyclic) bond motifs is 1. The van der Waals surface area contributed by atoms with E-state index in [1.165, 1.54) is 6.07 Å². The number of carbonyl (C=O) groups excluding carboxylic acids is 1. The second kappa shape index (κ2) is 2.48. The van der Waals surface area contributed by atoms with Crippen molar-refractivity contribution in [3.8, 4) is 5.75 Å². The molecule has 0 aromatic heterocycles. The lowest BCUT2D eigenvalue weighted by Gasteiger charge is -1.99. The quantitative estimate of drug-likeness (QED) is 0.690. The van der Waals surface area contributed by atoms with Gasteiger partial charge in [-0.05, 0) is 28.1 Å². The molecule has 0 amide bonds. The van der Waals surface area contributed by atoms with Crippen molar-refractivity contribution < 1.29 is 14.6 Å². The maximum Gasteiger partial charge on any atom is 0.338 e. The van der Waals surface area contributed by atoms with Crippen LogP contribution in [0.15, 0.2) is 16.6 Å². The van der Waals surface area contributed by atoms with Crippen molar-refractivity contribution in [3.05, 3.63) is 27.7 Å². The highest BCUT2D eigenvalue weighted by Crippen LogP contribution is 2.34. The molecule has 1 aromatic rings. The highest BCUT2D eigenvalue weighted by molar-refractivity contribution is 9.10. The smallest absolute Gasteiger partial charge is 0.338 e. The summed E-state index contributed by atoms with van der Waals surface area (Å²) in [6, 6.07) is 3.03. The molecule has 2 rings (SSSR count). The Hall–Kier alpha value is -1.03. The van der Waals surface area contributed by atoms with E-state index in [9.17, 15) is 9.90 Å². The number of cyclic esters (lactones) is 1. The maximum atomic E-state index is 11.0. The highest BCUT2D eigenvalue weighted by Gasteiger charge is 2.24. The van der Waals surface area contributed by atoms with Crippen LogP contribution >= 0.6 is 15.9 Å². The minimum atomic E-state index is -0.328. The summed E-state index contributed by atoms with van der Waals surface area (Å²) in [6.07, 6.45) is 0. The molecule has 1 aliphatic heterocycles. The lowest BCUT2D eigenvalue weighted by atomic mass is 10.1. The van der Waals surface area contributed by atoms with E-state index in [0.717, 1.165) is 5.56 Å². The molecule has 3 nitrogen and oxygen atoms in total. The van der Waals surface area contributed by atoms with Crippen LogP contribution in [0.4, 0.5) is 0 Å². The van der Waals surface area contributed by atoms with E-state index in [1.807, 2.05) is 0 Å². The zero-order valence-electron chi connectivity index (χ0n) is 6.00. The van der Waals surface area contributed by atoms with Gasteiger partial charge in [-0.25, -0.2) is 4.79 Å². The van der Waals surface area contributed by atoms with Crippen molar-refractivity contribution in [1.82, 2.24) is 0 Å². The predicted molar refractivity (Wildman–Crippen MR) is 44.9 cm³/mol. The molecule has 1 N–H and O–H groups in total. The van der Waals surface area contributed by atoms with Gasteiger partial charge in [0.25, 0.3) is 0 Å². The van der Waals surface area contributed by atoms with Gasteiger partial charge in [0.05, 0.1) is 10.0 Å². The van der Waals surface area contributed by atoms with Crippen molar-refractivity contribution in [1.29, 1.82) is 0 Å². The number of benzene rings is 1. The molecule has 12 heavy (non-hydrogen) atoms. The molecule has 0 spiro atoms. The van der Waals surface area contributed by atoms with Crippen LogP contribution in [-0.4, -0.2) is 11.1 Å². The van der Waals surface area contributed by atoms with E-state index >= 15 is 0 Å². The van der Waals surface area contributed by atoms with E-state index in [2.05, 4.69) is 15.9 Å². The number of rotatable bonds is 0. The Balaban J connectivity index is 2.68. The third kappa shape index (κ3) is 0.914. The van der Waals surface area contributed by atoms with Gasteiger partial charge in [0, 0.05) is 5.56 Å². The fourth-order valence-corrected chi connectivity index (χ4v) is 1.62. The number of esters is 1. The van der Waals surface area contributed by atoms with Gasteiger partial charge in [0.15, 0.2) is 0 Å². The van der Waals surface area contributed by atoms with Crippen molar-refractivity contribution in [2.75, 3.05) is 0 Å². The number of phenolic OH excluding ortho intramolecular Hbond substituents is 1. The second-order valence-electron chi connectivity index (χ2n) is 2.50. The van der Waals surface area contributed by atoms with Crippen LogP contribution in [0.25, 0.3) is 0 Å². The van der Waals surface area contributed by atoms with E-state index in [0.29, 0.717) is 10.0 Å². The first kappa shape index (κ1) is 7.61. The number of ether oxygens (including phenoxy) is 1. The van der Waals surface area contributed by atoms with Crippen molar-refractivity contribution >= 4 is 21.9 Å². The Bertz CT molecular complexity index is 360. The molecular formula is C8H5BrO3. The van der Waals surface area contributed by atoms with Crippen LogP contribution < -0.4 is 0 Å². The first-order valence-corrected chi connectivity index (χ1v) is 4.17. The molecule has 0 fully saturated rings. The summed E-state index contributed by atoms with van der Waals surface area (Å²) in [5, 5.41) is 9.26. The van der Waals surface area contributed by atoms with Gasteiger partial charge in [-0.15, -0.1) is 0 Å². The number of phenols is 1. The Labute approximate surface area is 77.1 Å². The normalized spacial score (nSPS) is 14.2. The molecule has 0 aliphatic carbocycles. The predicted octanol–water partition coefficient (Wildman–Crippen LogP) is 1.83. The Morgan fingerprint density at radius 3 is 3.00 bits per heavy atom. The number of aromatic hydroxyl groups is 1. The molecule has 0 saturated heterocycles. The number of halogens is 1. The van der Waals surface area contributed by atoms with Gasteiger partial charge in [-0.3, -0.25) is 0 Å². The van der Waals surface area contributed by atoms with E-state index < -0.39 is 0 Å². The summed E-state index contributed by atoms with van der Waals surface area (Å²) in [5.41, 5.74) is 1.25. The van der Waals surface area contributed by atoms with E-state index in [1.54, 1.807) is 6.07 Å². The van der Waals surface area contributed by atoms with Crippen LogP contribution in [0.3, 0.4) is 0 Å². The Morgan fingerprint density at radius 1 is 1.50 bits per heavy atom. The van der Waals surface area contributed by atoms with Crippen LogP contribution in [0.2, 0.25) is 0 Å². The molecule has 4 heteroatoms. The van der Waals surface area contributed by atoms with Gasteiger partial charge in [0.1, 0.15) is 12.4 Å². The minimum Gasteiger partial charge on any atom is -0.507 e. The zero-order valence-corrected chi connectivity index (χ0v) is 7.59. The van der Waals surface area contributed by atoms with Gasteiger partial charge in [0.2, 0.25) is 0 Å². The fourth-order valence-electron chi connectivity index (χ4n) is 1.16. The zero-order chi connectivity index (χ0) is 8.72. The monoisotopic (exact) mass is 228 g/mol. The summed E-state index contributed by atoms with van der Waals surface area (Å²) in [7, 11) is 0. The van der Waals surface area contributed by atoms with Gasteiger partial charge in [-0.1, -0.05) is 0 Å². The lowest BCUT2D eigenvalue weighted by molar-refractivity contribution is 0.0534. The molecule has 0 radical (unpaired) electrons. The molecule has 0 unspecified atom stereocenters. The molecule has 0 bridgehead atoms. The number of hydrogen-bond donors (Lipinski definition) is 1. The Morgan fingerprint density at radius 2 is 2.25 bits per heavy atom. The van der Waals surface area contributed by atoms with Crippen LogP contribution in [0.1, 0.15) is 15.9 Å². The molecular weight excluding hydrogens is 224 g/mol. The molecule has 1 aliphatic rings. The molecule has 1 heterocycles.